The predicted octanol–water partition coefficient (Wildman–Crippen LogP) is 2.02. The minimum absolute atomic E-state index is 0.0570. The normalized spacial score (nSPS) is 21.2. The Morgan fingerprint density at radius 3 is 2.35 bits per heavy atom. The average Bonchev–Trinajstić information content (AvgIpc) is 2.96. The minimum atomic E-state index is -0.818. The van der Waals surface area contributed by atoms with Gasteiger partial charge in [-0.25, -0.2) is 0 Å². The second-order valence-electron chi connectivity index (χ2n) is 5.10. The lowest BCUT2D eigenvalue weighted by atomic mass is 10.0. The first-order valence-electron chi connectivity index (χ1n) is 6.53. The number of hydrogen-bond donors (Lipinski definition) is 1. The van der Waals surface area contributed by atoms with Crippen molar-refractivity contribution in [2.24, 2.45) is 11.8 Å². The van der Waals surface area contributed by atoms with Crippen molar-refractivity contribution in [3.8, 4) is 6.07 Å². The topological polar surface area (TPSA) is 81.4 Å². The summed E-state index contributed by atoms with van der Waals surface area (Å²) in [6, 6.07) is 8.79. The van der Waals surface area contributed by atoms with E-state index in [4.69, 9.17) is 10.4 Å². The number of carboxylic acids is 1. The molecule has 2 atom stereocenters. The molecule has 1 amide bonds. The Morgan fingerprint density at radius 1 is 1.25 bits per heavy atom. The Hall–Kier alpha value is -2.35. The highest BCUT2D eigenvalue weighted by Crippen LogP contribution is 2.33. The van der Waals surface area contributed by atoms with Gasteiger partial charge in [0.15, 0.2) is 0 Å². The molecular formula is C15H16N2O3. The van der Waals surface area contributed by atoms with Gasteiger partial charge in [0, 0.05) is 18.7 Å². The summed E-state index contributed by atoms with van der Waals surface area (Å²) in [7, 11) is 1.68. The monoisotopic (exact) mass is 272 g/mol. The van der Waals surface area contributed by atoms with Crippen LogP contribution in [0.25, 0.3) is 0 Å². The van der Waals surface area contributed by atoms with Crippen molar-refractivity contribution >= 4 is 17.6 Å². The lowest BCUT2D eigenvalue weighted by Gasteiger charge is -2.21. The molecule has 1 saturated carbocycles. The van der Waals surface area contributed by atoms with Crippen LogP contribution < -0.4 is 4.90 Å². The molecule has 2 unspecified atom stereocenters. The van der Waals surface area contributed by atoms with Crippen LogP contribution in [0.3, 0.4) is 0 Å². The van der Waals surface area contributed by atoms with Crippen LogP contribution >= 0.6 is 0 Å². The van der Waals surface area contributed by atoms with Crippen LogP contribution in [-0.2, 0) is 9.59 Å². The van der Waals surface area contributed by atoms with Crippen LogP contribution in [0, 0.1) is 23.2 Å². The molecule has 0 spiro atoms. The van der Waals surface area contributed by atoms with Crippen LogP contribution in [0.4, 0.5) is 5.69 Å². The largest absolute Gasteiger partial charge is 0.481 e. The number of nitrogens with zero attached hydrogens (tertiary/aromatic N) is 2. The minimum Gasteiger partial charge on any atom is -0.481 e. The van der Waals surface area contributed by atoms with E-state index in [9.17, 15) is 9.59 Å². The van der Waals surface area contributed by atoms with Crippen LogP contribution in [0.15, 0.2) is 24.3 Å². The summed E-state index contributed by atoms with van der Waals surface area (Å²) in [6.45, 7) is 0. The van der Waals surface area contributed by atoms with E-state index >= 15 is 0 Å². The number of carboxylic acid groups (broad SMARTS) is 1. The van der Waals surface area contributed by atoms with Gasteiger partial charge in [0.05, 0.1) is 17.6 Å². The highest BCUT2D eigenvalue weighted by Gasteiger charge is 2.35. The van der Waals surface area contributed by atoms with Crippen LogP contribution in [-0.4, -0.2) is 24.0 Å². The van der Waals surface area contributed by atoms with E-state index in [0.717, 1.165) is 0 Å². The zero-order valence-electron chi connectivity index (χ0n) is 11.2. The molecule has 1 aliphatic carbocycles. The summed E-state index contributed by atoms with van der Waals surface area (Å²) < 4.78 is 0. The molecule has 0 saturated heterocycles. The van der Waals surface area contributed by atoms with E-state index in [0.29, 0.717) is 30.5 Å². The summed E-state index contributed by atoms with van der Waals surface area (Å²) in [5, 5.41) is 17.7. The molecule has 0 bridgehead atoms. The van der Waals surface area contributed by atoms with Gasteiger partial charge >= 0.3 is 5.97 Å². The van der Waals surface area contributed by atoms with Gasteiger partial charge in [0.25, 0.3) is 0 Å². The van der Waals surface area contributed by atoms with E-state index < -0.39 is 11.9 Å². The number of hydrogen-bond acceptors (Lipinski definition) is 3. The van der Waals surface area contributed by atoms with Crippen LogP contribution in [0.5, 0.6) is 0 Å². The molecule has 20 heavy (non-hydrogen) atoms. The van der Waals surface area contributed by atoms with Crippen molar-refractivity contribution in [3.05, 3.63) is 29.8 Å². The Bertz CT molecular complexity index is 559. The summed E-state index contributed by atoms with van der Waals surface area (Å²) in [5.74, 6) is -1.50. The fraction of sp³-hybridized carbons (Fsp3) is 0.400. The van der Waals surface area contributed by atoms with Crippen molar-refractivity contribution in [2.45, 2.75) is 19.3 Å². The number of rotatable bonds is 3. The molecule has 1 fully saturated rings. The molecule has 1 aromatic carbocycles. The molecule has 2 rings (SSSR count). The van der Waals surface area contributed by atoms with Gasteiger partial charge in [-0.2, -0.15) is 5.26 Å². The van der Waals surface area contributed by atoms with Crippen molar-refractivity contribution in [2.75, 3.05) is 11.9 Å². The standard InChI is InChI=1S/C15H16N2O3/c1-17(13-6-2-10(9-16)3-7-13)14(18)11-4-5-12(8-11)15(19)20/h2-3,6-7,11-12H,4-5,8H2,1H3,(H,19,20). The molecule has 5 nitrogen and oxygen atoms in total. The smallest absolute Gasteiger partial charge is 0.306 e. The SMILES string of the molecule is CN(C(=O)C1CCC(C(=O)O)C1)c1ccc(C#N)cc1. The van der Waals surface area contributed by atoms with Crippen molar-refractivity contribution in [3.63, 3.8) is 0 Å². The van der Waals surface area contributed by atoms with E-state index in [2.05, 4.69) is 0 Å². The van der Waals surface area contributed by atoms with Crippen molar-refractivity contribution < 1.29 is 14.7 Å². The summed E-state index contributed by atoms with van der Waals surface area (Å²) in [5.41, 5.74) is 1.26. The first-order chi connectivity index (χ1) is 9.52. The fourth-order valence-corrected chi connectivity index (χ4v) is 2.59. The Kier molecular flexibility index (Phi) is 4.04. The Morgan fingerprint density at radius 2 is 1.85 bits per heavy atom. The Labute approximate surface area is 117 Å². The van der Waals surface area contributed by atoms with E-state index in [1.54, 1.807) is 31.3 Å². The van der Waals surface area contributed by atoms with Gasteiger partial charge in [0.1, 0.15) is 0 Å². The van der Waals surface area contributed by atoms with Gasteiger partial charge in [-0.3, -0.25) is 9.59 Å². The maximum atomic E-state index is 12.3. The molecule has 0 radical (unpaired) electrons. The number of nitriles is 1. The third kappa shape index (κ3) is 2.80. The molecule has 0 aromatic heterocycles. The van der Waals surface area contributed by atoms with Gasteiger partial charge in [0.2, 0.25) is 5.91 Å². The summed E-state index contributed by atoms with van der Waals surface area (Å²) >= 11 is 0. The molecule has 0 aliphatic heterocycles. The predicted molar refractivity (Wildman–Crippen MR) is 73.0 cm³/mol. The van der Waals surface area contributed by atoms with Crippen molar-refractivity contribution in [1.82, 2.24) is 0 Å². The summed E-state index contributed by atoms with van der Waals surface area (Å²) in [4.78, 5) is 24.8. The molecule has 1 N–H and O–H groups in total. The number of carbonyl (C=O) groups is 2. The Balaban J connectivity index is 2.05. The number of carbonyl (C=O) groups excluding carboxylic acids is 1. The average molecular weight is 272 g/mol. The van der Waals surface area contributed by atoms with Crippen molar-refractivity contribution in [1.29, 1.82) is 5.26 Å². The van der Waals surface area contributed by atoms with E-state index in [-0.39, 0.29) is 11.8 Å². The molecular weight excluding hydrogens is 256 g/mol. The zero-order chi connectivity index (χ0) is 14.7. The number of aliphatic carboxylic acids is 1. The van der Waals surface area contributed by atoms with Gasteiger partial charge in [-0.1, -0.05) is 0 Å². The van der Waals surface area contributed by atoms with E-state index in [1.165, 1.54) is 4.90 Å². The second-order valence-corrected chi connectivity index (χ2v) is 5.10. The lowest BCUT2D eigenvalue weighted by molar-refractivity contribution is -0.141. The third-order valence-electron chi connectivity index (χ3n) is 3.85. The van der Waals surface area contributed by atoms with E-state index in [1.807, 2.05) is 6.07 Å². The highest BCUT2D eigenvalue weighted by molar-refractivity contribution is 5.95. The number of benzene rings is 1. The molecule has 5 heteroatoms. The first-order valence-corrected chi connectivity index (χ1v) is 6.53. The number of amides is 1. The zero-order valence-corrected chi connectivity index (χ0v) is 11.2. The van der Waals surface area contributed by atoms with Crippen LogP contribution in [0.1, 0.15) is 24.8 Å². The maximum absolute atomic E-state index is 12.3. The van der Waals surface area contributed by atoms with Crippen LogP contribution in [0.2, 0.25) is 0 Å². The van der Waals surface area contributed by atoms with Gasteiger partial charge < -0.3 is 10.0 Å². The highest BCUT2D eigenvalue weighted by atomic mass is 16.4. The molecule has 0 heterocycles. The molecule has 1 aliphatic rings. The molecule has 1 aromatic rings. The fourth-order valence-electron chi connectivity index (χ4n) is 2.59. The lowest BCUT2D eigenvalue weighted by Crippen LogP contribution is -2.32. The molecule has 104 valence electrons. The second kappa shape index (κ2) is 5.74. The van der Waals surface area contributed by atoms with Gasteiger partial charge in [-0.15, -0.1) is 0 Å². The maximum Gasteiger partial charge on any atom is 0.306 e. The first kappa shape index (κ1) is 14.1. The third-order valence-corrected chi connectivity index (χ3v) is 3.85. The van der Waals surface area contributed by atoms with Gasteiger partial charge in [-0.05, 0) is 43.5 Å². The summed E-state index contributed by atoms with van der Waals surface area (Å²) in [6.07, 6.45) is 1.60. The quantitative estimate of drug-likeness (QED) is 0.912. The number of anilines is 1.